The van der Waals surface area contributed by atoms with Crippen LogP contribution in [-0.4, -0.2) is 26.7 Å². The molecule has 140 valence electrons. The number of aromatic nitrogens is 1. The van der Waals surface area contributed by atoms with Gasteiger partial charge in [-0.1, -0.05) is 12.1 Å². The Morgan fingerprint density at radius 1 is 1.29 bits per heavy atom. The smallest absolute Gasteiger partial charge is 0.296 e. The molecule has 10 heteroatoms. The summed E-state index contributed by atoms with van der Waals surface area (Å²) >= 11 is 1.10. The minimum atomic E-state index is -1.22. The molecule has 0 saturated heterocycles. The molecule has 1 N–H and O–H groups in total. The Morgan fingerprint density at radius 3 is 2.71 bits per heavy atom. The molecule has 0 radical (unpaired) electrons. The van der Waals surface area contributed by atoms with Crippen LogP contribution in [0.4, 0.5) is 10.8 Å². The van der Waals surface area contributed by atoms with Gasteiger partial charge in [0.05, 0.1) is 22.3 Å². The molecule has 2 aromatic heterocycles. The number of rotatable bonds is 5. The molecule has 9 nitrogen and oxygen atoms in total. The number of ketones is 1. The first kappa shape index (κ1) is 17.6. The molecule has 0 spiro atoms. The standard InChI is InChI=1S/C18H11N3O6S/c22-15(12-6-3-8-27-12)13-14(10-4-1-2-5-11(10)21(25)26)20(17(24)16(13)23)18-19-7-9-28-18/h1-9,14,23H/t14-/m0/s1. The highest BCUT2D eigenvalue weighted by Crippen LogP contribution is 2.44. The second kappa shape index (κ2) is 6.74. The van der Waals surface area contributed by atoms with Crippen molar-refractivity contribution in [2.24, 2.45) is 0 Å². The number of benzene rings is 1. The van der Waals surface area contributed by atoms with Crippen LogP contribution in [-0.2, 0) is 4.79 Å². The van der Waals surface area contributed by atoms with E-state index in [1.165, 1.54) is 42.8 Å². The van der Waals surface area contributed by atoms with Crippen molar-refractivity contribution < 1.29 is 24.0 Å². The van der Waals surface area contributed by atoms with E-state index < -0.39 is 28.4 Å². The van der Waals surface area contributed by atoms with Crippen LogP contribution in [0.15, 0.2) is 70.0 Å². The van der Waals surface area contributed by atoms with Crippen molar-refractivity contribution in [2.45, 2.75) is 6.04 Å². The fraction of sp³-hybridized carbons (Fsp3) is 0.0556. The maximum Gasteiger partial charge on any atom is 0.296 e. The lowest BCUT2D eigenvalue weighted by atomic mass is 9.94. The third-order valence-corrected chi connectivity index (χ3v) is 5.02. The van der Waals surface area contributed by atoms with Crippen LogP contribution >= 0.6 is 11.3 Å². The molecule has 0 aliphatic carbocycles. The Kier molecular flexibility index (Phi) is 4.24. The number of Topliss-reactive ketones (excluding diaryl/α,β-unsaturated/α-hetero) is 1. The molecular weight excluding hydrogens is 386 g/mol. The number of thiazole rings is 1. The van der Waals surface area contributed by atoms with Crippen molar-refractivity contribution >= 4 is 33.8 Å². The number of furan rings is 1. The molecule has 4 rings (SSSR count). The Hall–Kier alpha value is -3.79. The molecule has 3 heterocycles. The number of nitrogens with zero attached hydrogens (tertiary/aromatic N) is 3. The maximum atomic E-state index is 13.0. The highest BCUT2D eigenvalue weighted by molar-refractivity contribution is 7.13. The number of nitro groups is 1. The fourth-order valence-electron chi connectivity index (χ4n) is 3.09. The zero-order valence-electron chi connectivity index (χ0n) is 14.0. The van der Waals surface area contributed by atoms with Gasteiger partial charge in [-0.3, -0.25) is 24.6 Å². The molecule has 1 atom stereocenters. The largest absolute Gasteiger partial charge is 0.503 e. The second-order valence-electron chi connectivity index (χ2n) is 5.78. The summed E-state index contributed by atoms with van der Waals surface area (Å²) in [5.41, 5.74) is -0.513. The van der Waals surface area contributed by atoms with Gasteiger partial charge in [-0.15, -0.1) is 11.3 Å². The number of nitro benzene ring substituents is 1. The number of hydrogen-bond donors (Lipinski definition) is 1. The van der Waals surface area contributed by atoms with Crippen LogP contribution < -0.4 is 4.90 Å². The number of aliphatic hydroxyl groups is 1. The number of hydrogen-bond acceptors (Lipinski definition) is 8. The first-order valence-corrected chi connectivity index (χ1v) is 8.86. The Morgan fingerprint density at radius 2 is 2.07 bits per heavy atom. The number of para-hydroxylation sites is 1. The lowest BCUT2D eigenvalue weighted by Crippen LogP contribution is -2.31. The average molecular weight is 397 g/mol. The molecule has 1 aliphatic rings. The van der Waals surface area contributed by atoms with E-state index in [9.17, 15) is 24.8 Å². The van der Waals surface area contributed by atoms with Crippen LogP contribution in [0.3, 0.4) is 0 Å². The SMILES string of the molecule is O=C(C1=C(O)C(=O)N(c2nccs2)[C@H]1c1ccccc1[N+](=O)[O-])c1ccco1. The van der Waals surface area contributed by atoms with E-state index in [1.807, 2.05) is 0 Å². The van der Waals surface area contributed by atoms with Gasteiger partial charge < -0.3 is 9.52 Å². The molecule has 1 aromatic carbocycles. The summed E-state index contributed by atoms with van der Waals surface area (Å²) in [5, 5.41) is 23.8. The van der Waals surface area contributed by atoms with Crippen LogP contribution in [0.2, 0.25) is 0 Å². The van der Waals surface area contributed by atoms with Crippen LogP contribution in [0.5, 0.6) is 0 Å². The Balaban J connectivity index is 1.95. The average Bonchev–Trinajstić information content (AvgIpc) is 3.43. The van der Waals surface area contributed by atoms with E-state index in [2.05, 4.69) is 4.98 Å². The molecule has 0 fully saturated rings. The zero-order valence-corrected chi connectivity index (χ0v) is 14.8. The van der Waals surface area contributed by atoms with Gasteiger partial charge in [0, 0.05) is 17.6 Å². The van der Waals surface area contributed by atoms with Crippen LogP contribution in [0.25, 0.3) is 0 Å². The van der Waals surface area contributed by atoms with Crippen molar-refractivity contribution in [3.05, 3.63) is 87.0 Å². The summed E-state index contributed by atoms with van der Waals surface area (Å²) in [7, 11) is 0. The summed E-state index contributed by atoms with van der Waals surface area (Å²) in [6.45, 7) is 0. The van der Waals surface area contributed by atoms with Crippen LogP contribution in [0.1, 0.15) is 22.2 Å². The second-order valence-corrected chi connectivity index (χ2v) is 6.65. The van der Waals surface area contributed by atoms with Crippen molar-refractivity contribution in [1.29, 1.82) is 0 Å². The summed E-state index contributed by atoms with van der Waals surface area (Å²) in [5.74, 6) is -2.50. The van der Waals surface area contributed by atoms with Gasteiger partial charge in [0.2, 0.25) is 5.78 Å². The quantitative estimate of drug-likeness (QED) is 0.397. The Bertz CT molecular complexity index is 1100. The minimum absolute atomic E-state index is 0.0787. The van der Waals surface area contributed by atoms with Crippen molar-refractivity contribution in [3.8, 4) is 0 Å². The van der Waals surface area contributed by atoms with Crippen molar-refractivity contribution in [3.63, 3.8) is 0 Å². The predicted molar refractivity (Wildman–Crippen MR) is 98.1 cm³/mol. The molecule has 28 heavy (non-hydrogen) atoms. The third-order valence-electron chi connectivity index (χ3n) is 4.25. The van der Waals surface area contributed by atoms with E-state index >= 15 is 0 Å². The minimum Gasteiger partial charge on any atom is -0.503 e. The zero-order chi connectivity index (χ0) is 19.8. The third kappa shape index (κ3) is 2.67. The van der Waals surface area contributed by atoms with E-state index in [0.29, 0.717) is 0 Å². The summed E-state index contributed by atoms with van der Waals surface area (Å²) < 4.78 is 5.11. The van der Waals surface area contributed by atoms with Gasteiger partial charge in [-0.25, -0.2) is 4.98 Å². The lowest BCUT2D eigenvalue weighted by molar-refractivity contribution is -0.385. The number of carbonyl (C=O) groups is 2. The molecule has 1 amide bonds. The topological polar surface area (TPSA) is 127 Å². The van der Waals surface area contributed by atoms with Gasteiger partial charge in [0.15, 0.2) is 16.7 Å². The number of anilines is 1. The molecule has 3 aromatic rings. The summed E-state index contributed by atoms with van der Waals surface area (Å²) in [6, 6.07) is 7.38. The van der Waals surface area contributed by atoms with E-state index in [-0.39, 0.29) is 27.7 Å². The number of amides is 1. The van der Waals surface area contributed by atoms with Gasteiger partial charge in [0.1, 0.15) is 6.04 Å². The monoisotopic (exact) mass is 397 g/mol. The van der Waals surface area contributed by atoms with Crippen molar-refractivity contribution in [1.82, 2.24) is 4.98 Å². The highest BCUT2D eigenvalue weighted by atomic mass is 32.1. The summed E-state index contributed by atoms with van der Waals surface area (Å²) in [6.07, 6.45) is 2.73. The maximum absolute atomic E-state index is 13.0. The van der Waals surface area contributed by atoms with E-state index in [4.69, 9.17) is 4.42 Å². The molecule has 1 aliphatic heterocycles. The van der Waals surface area contributed by atoms with Gasteiger partial charge in [0.25, 0.3) is 11.6 Å². The fourth-order valence-corrected chi connectivity index (χ4v) is 3.76. The molecular formula is C18H11N3O6S. The van der Waals surface area contributed by atoms with Gasteiger partial charge in [-0.05, 0) is 18.2 Å². The molecule has 0 bridgehead atoms. The molecule has 0 unspecified atom stereocenters. The first-order chi connectivity index (χ1) is 13.5. The first-order valence-electron chi connectivity index (χ1n) is 7.98. The molecule has 0 saturated carbocycles. The van der Waals surface area contributed by atoms with Gasteiger partial charge >= 0.3 is 0 Å². The Labute approximate surface area is 161 Å². The van der Waals surface area contributed by atoms with E-state index in [1.54, 1.807) is 11.4 Å². The van der Waals surface area contributed by atoms with E-state index in [0.717, 1.165) is 16.2 Å². The normalized spacial score (nSPS) is 16.6. The number of carbonyl (C=O) groups excluding carboxylic acids is 2. The number of aliphatic hydroxyl groups excluding tert-OH is 1. The highest BCUT2D eigenvalue weighted by Gasteiger charge is 2.48. The summed E-state index contributed by atoms with van der Waals surface area (Å²) in [4.78, 5) is 41.8. The van der Waals surface area contributed by atoms with Crippen molar-refractivity contribution in [2.75, 3.05) is 4.90 Å². The lowest BCUT2D eigenvalue weighted by Gasteiger charge is -2.23. The van der Waals surface area contributed by atoms with Gasteiger partial charge in [-0.2, -0.15) is 0 Å². The van der Waals surface area contributed by atoms with Crippen LogP contribution in [0, 0.1) is 10.1 Å². The predicted octanol–water partition coefficient (Wildman–Crippen LogP) is 3.43.